The number of carbonyl (C=O) groups excluding carboxylic acids is 2. The van der Waals surface area contributed by atoms with Crippen LogP contribution in [0.25, 0.3) is 0 Å². The van der Waals surface area contributed by atoms with Crippen molar-refractivity contribution in [2.75, 3.05) is 26.2 Å². The topological polar surface area (TPSA) is 73.6 Å². The fourth-order valence-electron chi connectivity index (χ4n) is 4.83. The van der Waals surface area contributed by atoms with Crippen molar-refractivity contribution < 1.29 is 14.3 Å². The Hall–Kier alpha value is -3.17. The average molecular weight is 401 g/mol. The largest absolute Gasteiger partial charge is 0.457 e. The summed E-state index contributed by atoms with van der Waals surface area (Å²) in [5, 5.41) is 9.10. The van der Waals surface area contributed by atoms with Crippen LogP contribution >= 0.6 is 0 Å². The van der Waals surface area contributed by atoms with Gasteiger partial charge in [0, 0.05) is 31.2 Å². The highest BCUT2D eigenvalue weighted by atomic mass is 16.5. The van der Waals surface area contributed by atoms with Crippen molar-refractivity contribution in [2.24, 2.45) is 0 Å². The predicted octanol–water partition coefficient (Wildman–Crippen LogP) is 2.08. The number of amides is 1. The third-order valence-corrected chi connectivity index (χ3v) is 6.49. The normalized spacial score (nSPS) is 20.6. The van der Waals surface area contributed by atoms with Crippen molar-refractivity contribution in [1.82, 2.24) is 9.80 Å². The zero-order chi connectivity index (χ0) is 20.7. The van der Waals surface area contributed by atoms with E-state index in [1.54, 1.807) is 0 Å². The van der Waals surface area contributed by atoms with Crippen molar-refractivity contribution in [2.45, 2.75) is 31.9 Å². The summed E-state index contributed by atoms with van der Waals surface area (Å²) >= 11 is 0. The quantitative estimate of drug-likeness (QED) is 0.734. The second-order valence-electron chi connectivity index (χ2n) is 8.34. The molecule has 5 rings (SSSR count). The molecule has 3 aliphatic rings. The Morgan fingerprint density at radius 2 is 1.90 bits per heavy atom. The number of hydrogen-bond acceptors (Lipinski definition) is 5. The Morgan fingerprint density at radius 3 is 2.73 bits per heavy atom. The second kappa shape index (κ2) is 7.58. The molecular weight excluding hydrogens is 378 g/mol. The van der Waals surface area contributed by atoms with Gasteiger partial charge in [0.25, 0.3) is 0 Å². The summed E-state index contributed by atoms with van der Waals surface area (Å²) in [6.07, 6.45) is 2.57. The summed E-state index contributed by atoms with van der Waals surface area (Å²) in [4.78, 5) is 28.7. The molecule has 2 heterocycles. The zero-order valence-electron chi connectivity index (χ0n) is 16.8. The van der Waals surface area contributed by atoms with Crippen LogP contribution in [-0.4, -0.2) is 53.9 Å². The lowest BCUT2D eigenvalue weighted by atomic mass is 10.0. The van der Waals surface area contributed by atoms with Crippen LogP contribution in [0.1, 0.15) is 38.2 Å². The number of piperazine rings is 1. The minimum atomic E-state index is -0.240. The fourth-order valence-corrected chi connectivity index (χ4v) is 4.83. The molecule has 6 heteroatoms. The maximum absolute atomic E-state index is 12.8. The van der Waals surface area contributed by atoms with Gasteiger partial charge in [-0.1, -0.05) is 18.2 Å². The first kappa shape index (κ1) is 18.8. The number of esters is 1. The van der Waals surface area contributed by atoms with Crippen LogP contribution in [0.4, 0.5) is 0 Å². The van der Waals surface area contributed by atoms with E-state index in [0.29, 0.717) is 24.3 Å². The van der Waals surface area contributed by atoms with Gasteiger partial charge in [-0.25, -0.2) is 4.79 Å². The second-order valence-corrected chi connectivity index (χ2v) is 8.34. The molecule has 0 spiro atoms. The van der Waals surface area contributed by atoms with E-state index in [0.717, 1.165) is 44.5 Å². The van der Waals surface area contributed by atoms with Gasteiger partial charge in [0.1, 0.15) is 6.61 Å². The van der Waals surface area contributed by atoms with E-state index in [1.807, 2.05) is 41.3 Å². The molecule has 1 fully saturated rings. The molecule has 1 saturated heterocycles. The van der Waals surface area contributed by atoms with Crippen molar-refractivity contribution in [3.63, 3.8) is 0 Å². The first-order valence-electron chi connectivity index (χ1n) is 10.4. The summed E-state index contributed by atoms with van der Waals surface area (Å²) < 4.78 is 5.07. The van der Waals surface area contributed by atoms with Gasteiger partial charge in [0.05, 0.1) is 23.7 Å². The molecule has 152 valence electrons. The number of cyclic esters (lactones) is 1. The van der Waals surface area contributed by atoms with Crippen molar-refractivity contribution in [3.05, 3.63) is 69.8 Å². The summed E-state index contributed by atoms with van der Waals surface area (Å²) in [5.41, 5.74) is 5.94. The molecule has 6 nitrogen and oxygen atoms in total. The molecule has 2 aromatic rings. The molecule has 2 aromatic carbocycles. The van der Waals surface area contributed by atoms with Gasteiger partial charge in [-0.15, -0.1) is 0 Å². The zero-order valence-corrected chi connectivity index (χ0v) is 16.8. The number of nitriles is 1. The molecule has 2 aliphatic heterocycles. The van der Waals surface area contributed by atoms with Gasteiger partial charge in [-0.2, -0.15) is 5.26 Å². The Morgan fingerprint density at radius 1 is 1.03 bits per heavy atom. The average Bonchev–Trinajstić information content (AvgIpc) is 3.35. The van der Waals surface area contributed by atoms with E-state index < -0.39 is 0 Å². The molecule has 30 heavy (non-hydrogen) atoms. The van der Waals surface area contributed by atoms with Crippen molar-refractivity contribution >= 4 is 11.9 Å². The standard InChI is InChI=1S/C24H23N3O3/c25-13-17-1-3-18-11-21(12-19(18)10-17)27-8-7-26(14-23(27)28)6-5-16-2-4-22-20(9-16)15-30-24(22)29/h1-4,9-10,21H,5-8,11-12,14-15H2. The number of carbonyl (C=O) groups is 2. The molecule has 0 bridgehead atoms. The van der Waals surface area contributed by atoms with Crippen LogP contribution in [0.3, 0.4) is 0 Å². The highest BCUT2D eigenvalue weighted by Gasteiger charge is 2.33. The number of fused-ring (bicyclic) bond motifs is 2. The smallest absolute Gasteiger partial charge is 0.338 e. The van der Waals surface area contributed by atoms with Gasteiger partial charge in [0.2, 0.25) is 5.91 Å². The van der Waals surface area contributed by atoms with Crippen molar-refractivity contribution in [3.8, 4) is 6.07 Å². The minimum Gasteiger partial charge on any atom is -0.457 e. The van der Waals surface area contributed by atoms with Crippen LogP contribution in [-0.2, 0) is 35.4 Å². The highest BCUT2D eigenvalue weighted by molar-refractivity contribution is 5.93. The summed E-state index contributed by atoms with van der Waals surface area (Å²) in [5.74, 6) is -0.0521. The minimum absolute atomic E-state index is 0.188. The maximum Gasteiger partial charge on any atom is 0.338 e. The number of ether oxygens (including phenoxy) is 1. The summed E-state index contributed by atoms with van der Waals surface area (Å²) in [6.45, 7) is 3.24. The lowest BCUT2D eigenvalue weighted by Crippen LogP contribution is -2.54. The van der Waals surface area contributed by atoms with Crippen LogP contribution in [0.15, 0.2) is 36.4 Å². The van der Waals surface area contributed by atoms with E-state index in [1.165, 1.54) is 16.7 Å². The van der Waals surface area contributed by atoms with Gasteiger partial charge in [-0.05, 0) is 54.2 Å². The van der Waals surface area contributed by atoms with Gasteiger partial charge in [-0.3, -0.25) is 9.69 Å². The van der Waals surface area contributed by atoms with Crippen molar-refractivity contribution in [1.29, 1.82) is 5.26 Å². The van der Waals surface area contributed by atoms with E-state index in [-0.39, 0.29) is 17.9 Å². The molecule has 0 N–H and O–H groups in total. The monoisotopic (exact) mass is 401 g/mol. The Bertz CT molecular complexity index is 1070. The molecule has 1 atom stereocenters. The first-order valence-corrected chi connectivity index (χ1v) is 10.4. The Balaban J connectivity index is 1.16. The number of nitrogens with zero attached hydrogens (tertiary/aromatic N) is 3. The molecule has 1 unspecified atom stereocenters. The van der Waals surface area contributed by atoms with E-state index in [9.17, 15) is 9.59 Å². The van der Waals surface area contributed by atoms with E-state index in [2.05, 4.69) is 11.0 Å². The SMILES string of the molecule is N#Cc1ccc2c(c1)CC(N1CCN(CCc3ccc4c(c3)COC4=O)CC1=O)C2. The van der Waals surface area contributed by atoms with E-state index >= 15 is 0 Å². The van der Waals surface area contributed by atoms with Crippen LogP contribution < -0.4 is 0 Å². The van der Waals surface area contributed by atoms with Crippen LogP contribution in [0.5, 0.6) is 0 Å². The number of rotatable bonds is 4. The van der Waals surface area contributed by atoms with Crippen LogP contribution in [0.2, 0.25) is 0 Å². The summed E-state index contributed by atoms with van der Waals surface area (Å²) in [6, 6.07) is 14.1. The lowest BCUT2D eigenvalue weighted by molar-refractivity contribution is -0.138. The Kier molecular flexibility index (Phi) is 4.76. The predicted molar refractivity (Wildman–Crippen MR) is 110 cm³/mol. The molecule has 0 radical (unpaired) electrons. The fraction of sp³-hybridized carbons (Fsp3) is 0.375. The molecular formula is C24H23N3O3. The first-order chi connectivity index (χ1) is 14.6. The molecule has 0 saturated carbocycles. The third-order valence-electron chi connectivity index (χ3n) is 6.49. The lowest BCUT2D eigenvalue weighted by Gasteiger charge is -2.37. The third kappa shape index (κ3) is 3.46. The number of benzene rings is 2. The van der Waals surface area contributed by atoms with Gasteiger partial charge in [0.15, 0.2) is 0 Å². The molecule has 0 aromatic heterocycles. The Labute approximate surface area is 175 Å². The molecule has 1 aliphatic carbocycles. The van der Waals surface area contributed by atoms with Gasteiger partial charge >= 0.3 is 5.97 Å². The maximum atomic E-state index is 12.8. The highest BCUT2D eigenvalue weighted by Crippen LogP contribution is 2.28. The number of hydrogen-bond donors (Lipinski definition) is 0. The molecule has 1 amide bonds. The van der Waals surface area contributed by atoms with Gasteiger partial charge < -0.3 is 9.64 Å². The van der Waals surface area contributed by atoms with Crippen LogP contribution in [0, 0.1) is 11.3 Å². The summed E-state index contributed by atoms with van der Waals surface area (Å²) in [7, 11) is 0. The van der Waals surface area contributed by atoms with E-state index in [4.69, 9.17) is 10.00 Å².